The minimum Gasteiger partial charge on any atom is -0.465 e. The molecule has 1 aromatic heterocycles. The Morgan fingerprint density at radius 3 is 3.73 bits per heavy atom. The van der Waals surface area contributed by atoms with Gasteiger partial charge in [-0.05, 0) is 12.8 Å². The van der Waals surface area contributed by atoms with Crippen LogP contribution in [-0.4, -0.2) is 22.1 Å². The Balaban J connectivity index is 2.69. The number of cyclic esters (lactones) is 1. The second-order valence-corrected chi connectivity index (χ2v) is 2.90. The van der Waals surface area contributed by atoms with Gasteiger partial charge in [-0.2, -0.15) is 0 Å². The van der Waals surface area contributed by atoms with Gasteiger partial charge in [-0.15, -0.1) is 0 Å². The molecule has 1 aliphatic rings. The van der Waals surface area contributed by atoms with Crippen molar-refractivity contribution >= 4 is 5.97 Å². The third kappa shape index (κ3) is 1.89. The van der Waals surface area contributed by atoms with E-state index in [0.29, 0.717) is 4.57 Å². The van der Waals surface area contributed by atoms with Crippen LogP contribution in [0.15, 0.2) is 12.5 Å². The van der Waals surface area contributed by atoms with E-state index in [0.717, 1.165) is 12.5 Å². The minimum atomic E-state index is -3.67. The highest BCUT2D eigenvalue weighted by molar-refractivity contribution is 5.74. The van der Waals surface area contributed by atoms with E-state index >= 15 is 0 Å². The topological polar surface area (TPSA) is 44.1 Å². The molecule has 0 aliphatic carbocycles. The summed E-state index contributed by atoms with van der Waals surface area (Å²) in [6.45, 7) is -9.62. The highest BCUT2D eigenvalue weighted by Crippen LogP contribution is 2.27. The zero-order valence-electron chi connectivity index (χ0n) is 19.6. The number of nitrogens with zero attached hydrogens (tertiary/aromatic N) is 2. The lowest BCUT2D eigenvalue weighted by Crippen LogP contribution is -2.18. The van der Waals surface area contributed by atoms with E-state index in [9.17, 15) is 4.79 Å². The third-order valence-corrected chi connectivity index (χ3v) is 1.97. The van der Waals surface area contributed by atoms with Crippen LogP contribution in [0.25, 0.3) is 0 Å². The average Bonchev–Trinajstić information content (AvgIpc) is 2.95. The zero-order chi connectivity index (χ0) is 21.3. The minimum absolute atomic E-state index is 0.315. The first-order valence-corrected chi connectivity index (χ1v) is 4.08. The molecule has 4 nitrogen and oxygen atoms in total. The van der Waals surface area contributed by atoms with E-state index in [-0.39, 0.29) is 5.69 Å². The summed E-state index contributed by atoms with van der Waals surface area (Å²) in [5.74, 6) is -8.50. The Kier molecular flexibility index (Phi) is 0.833. The second-order valence-electron chi connectivity index (χ2n) is 2.90. The number of carbonyl (C=O) groups excluding carboxylic acids is 1. The summed E-state index contributed by atoms with van der Waals surface area (Å²) in [7, 11) is 0. The van der Waals surface area contributed by atoms with E-state index in [1.54, 1.807) is 0 Å². The van der Waals surface area contributed by atoms with Gasteiger partial charge in [-0.1, -0.05) is 6.85 Å². The fourth-order valence-electron chi connectivity index (χ4n) is 1.22. The molecule has 2 heterocycles. The van der Waals surface area contributed by atoms with Crippen LogP contribution in [0.2, 0.25) is 0 Å². The van der Waals surface area contributed by atoms with Crippen LogP contribution in [0.3, 0.4) is 0 Å². The van der Waals surface area contributed by atoms with Crippen LogP contribution in [0.5, 0.6) is 0 Å². The Labute approximate surface area is 106 Å². The molecular weight excluding hydrogens is 192 g/mol. The standard InChI is InChI=1S/C11H16N2O2/c1-3-10-8(6-15-11(10)14)4-9-5-12-7-13(9)2/h5,7-8,10H,3-4,6H2,1-2H3/t8-,10-/m0/s1/i1D3,2D3,3D2,6D2,8D,10D. The van der Waals surface area contributed by atoms with Gasteiger partial charge in [0.25, 0.3) is 0 Å². The molecule has 1 aromatic rings. The number of hydrogen-bond acceptors (Lipinski definition) is 3. The molecule has 82 valence electrons. The predicted octanol–water partition coefficient (Wildman–Crippen LogP) is 1.16. The van der Waals surface area contributed by atoms with Crippen LogP contribution in [0.4, 0.5) is 0 Å². The summed E-state index contributed by atoms with van der Waals surface area (Å²) >= 11 is 0. The van der Waals surface area contributed by atoms with Gasteiger partial charge in [0.15, 0.2) is 0 Å². The van der Waals surface area contributed by atoms with Crippen LogP contribution in [0, 0.1) is 11.8 Å². The lowest BCUT2D eigenvalue weighted by Gasteiger charge is -2.12. The van der Waals surface area contributed by atoms with Crippen LogP contribution in [0.1, 0.15) is 35.4 Å². The van der Waals surface area contributed by atoms with Gasteiger partial charge in [0.2, 0.25) is 0 Å². The summed E-state index contributed by atoms with van der Waals surface area (Å²) < 4.78 is 97.3. The molecule has 0 radical (unpaired) electrons. The highest BCUT2D eigenvalue weighted by atomic mass is 16.5. The molecule has 0 N–H and O–H groups in total. The Morgan fingerprint density at radius 2 is 2.93 bits per heavy atom. The van der Waals surface area contributed by atoms with E-state index in [1.165, 1.54) is 0 Å². The van der Waals surface area contributed by atoms with Gasteiger partial charge in [-0.25, -0.2) is 4.98 Å². The number of carbonyl (C=O) groups is 1. The zero-order valence-corrected chi connectivity index (χ0v) is 7.57. The SMILES string of the molecule is [2H]C([2H])([2H])n1cncc1C[C@@]1([2H])C([2H])([2H])OC(=O)[C@@]1([2H])C([2H])([2H])C([2H])([2H])[2H]. The van der Waals surface area contributed by atoms with Gasteiger partial charge in [-0.3, -0.25) is 4.79 Å². The molecule has 0 spiro atoms. The van der Waals surface area contributed by atoms with Crippen molar-refractivity contribution in [1.82, 2.24) is 9.55 Å². The van der Waals surface area contributed by atoms with E-state index < -0.39 is 50.9 Å². The molecule has 1 aliphatic heterocycles. The first kappa shape index (κ1) is 3.09. The average molecular weight is 220 g/mol. The maximum absolute atomic E-state index is 12.2. The molecule has 0 bridgehead atoms. The largest absolute Gasteiger partial charge is 0.465 e. The van der Waals surface area contributed by atoms with Gasteiger partial charge in [0.05, 0.1) is 21.5 Å². The summed E-state index contributed by atoms with van der Waals surface area (Å²) in [5, 5.41) is 0. The Bertz CT molecular complexity index is 753. The van der Waals surface area contributed by atoms with Gasteiger partial charge in [0.1, 0.15) is 0 Å². The molecule has 4 heteroatoms. The molecule has 0 saturated carbocycles. The quantitative estimate of drug-likeness (QED) is 0.718. The van der Waals surface area contributed by atoms with Crippen LogP contribution < -0.4 is 0 Å². The van der Waals surface area contributed by atoms with Gasteiger partial charge >= 0.3 is 5.97 Å². The van der Waals surface area contributed by atoms with Crippen molar-refractivity contribution in [2.45, 2.75) is 19.6 Å². The van der Waals surface area contributed by atoms with Crippen LogP contribution >= 0.6 is 0 Å². The fourth-order valence-corrected chi connectivity index (χ4v) is 1.22. The van der Waals surface area contributed by atoms with Crippen molar-refractivity contribution < 1.29 is 26.0 Å². The maximum Gasteiger partial charge on any atom is 0.309 e. The monoisotopic (exact) mass is 220 g/mol. The lowest BCUT2D eigenvalue weighted by atomic mass is 9.89. The molecule has 0 aromatic carbocycles. The smallest absolute Gasteiger partial charge is 0.309 e. The number of ether oxygens (including phenoxy) is 1. The Hall–Kier alpha value is -1.32. The number of rotatable bonds is 3. The Morgan fingerprint density at radius 1 is 2.00 bits per heavy atom. The number of aromatic nitrogens is 2. The van der Waals surface area contributed by atoms with Crippen molar-refractivity contribution in [2.75, 3.05) is 6.56 Å². The normalized spacial score (nSPS) is 53.2. The van der Waals surface area contributed by atoms with Gasteiger partial charge < -0.3 is 9.30 Å². The third-order valence-electron chi connectivity index (χ3n) is 1.97. The first-order chi connectivity index (χ1) is 11.8. The molecule has 0 amide bonds. The van der Waals surface area contributed by atoms with Crippen molar-refractivity contribution in [3.8, 4) is 0 Å². The number of hydrogen-bond donors (Lipinski definition) is 0. The second kappa shape index (κ2) is 4.04. The van der Waals surface area contributed by atoms with Crippen molar-refractivity contribution in [3.05, 3.63) is 18.2 Å². The molecule has 1 saturated heterocycles. The fraction of sp³-hybridized carbons (Fsp3) is 0.636. The molecular formula is C11H16N2O2. The molecule has 2 atom stereocenters. The van der Waals surface area contributed by atoms with Gasteiger partial charge in [0, 0.05) is 38.5 Å². The van der Waals surface area contributed by atoms with Crippen molar-refractivity contribution in [1.29, 1.82) is 0 Å². The summed E-state index contributed by atoms with van der Waals surface area (Å²) in [4.78, 5) is 15.8. The number of imidazole rings is 1. The summed E-state index contributed by atoms with van der Waals surface area (Å²) in [6, 6.07) is 0. The summed E-state index contributed by atoms with van der Waals surface area (Å²) in [5.41, 5.74) is -0.315. The van der Waals surface area contributed by atoms with Crippen molar-refractivity contribution in [3.63, 3.8) is 0 Å². The lowest BCUT2D eigenvalue weighted by molar-refractivity contribution is -0.141. The van der Waals surface area contributed by atoms with Crippen LogP contribution in [-0.2, 0) is 22.9 Å². The summed E-state index contributed by atoms with van der Waals surface area (Å²) in [6.07, 6.45) is -2.87. The molecule has 2 rings (SSSR count). The molecule has 15 heavy (non-hydrogen) atoms. The molecule has 0 unspecified atom stereocenters. The van der Waals surface area contributed by atoms with E-state index in [2.05, 4.69) is 9.72 Å². The first-order valence-electron chi connectivity index (χ1n) is 10.1. The van der Waals surface area contributed by atoms with Crippen molar-refractivity contribution in [2.24, 2.45) is 18.8 Å². The maximum atomic E-state index is 12.2. The number of esters is 1. The van der Waals surface area contributed by atoms with E-state index in [1.807, 2.05) is 0 Å². The molecule has 1 fully saturated rings. The highest BCUT2D eigenvalue weighted by Gasteiger charge is 2.35. The predicted molar refractivity (Wildman–Crippen MR) is 55.1 cm³/mol. The number of aryl methyl sites for hydroxylation is 1. The van der Waals surface area contributed by atoms with E-state index in [4.69, 9.17) is 16.4 Å².